The number of nitrogens with zero attached hydrogens (tertiary/aromatic N) is 3. The minimum Gasteiger partial charge on any atom is -0.359 e. The van der Waals surface area contributed by atoms with Crippen LogP contribution in [0.1, 0.15) is 42.0 Å². The van der Waals surface area contributed by atoms with Crippen LogP contribution in [0.15, 0.2) is 6.07 Å². The first-order valence-corrected chi connectivity index (χ1v) is 7.88. The van der Waals surface area contributed by atoms with Gasteiger partial charge in [0.1, 0.15) is 0 Å². The minimum atomic E-state index is -2.77. The van der Waals surface area contributed by atoms with Crippen LogP contribution in [0, 0.1) is 6.92 Å². The second-order valence-electron chi connectivity index (χ2n) is 6.03. The summed E-state index contributed by atoms with van der Waals surface area (Å²) in [5.41, 5.74) is 0.217. The van der Waals surface area contributed by atoms with Crippen LogP contribution in [-0.2, 0) is 4.79 Å². The van der Waals surface area contributed by atoms with Gasteiger partial charge in [-0.2, -0.15) is 13.9 Å². The summed E-state index contributed by atoms with van der Waals surface area (Å²) in [6.07, 6.45) is 2.17. The van der Waals surface area contributed by atoms with Crippen molar-refractivity contribution in [1.29, 1.82) is 0 Å². The second-order valence-corrected chi connectivity index (χ2v) is 6.03. The molecule has 9 heteroatoms. The predicted molar refractivity (Wildman–Crippen MR) is 83.8 cm³/mol. The average molecular weight is 343 g/mol. The topological polar surface area (TPSA) is 79.3 Å². The summed E-state index contributed by atoms with van der Waals surface area (Å²) < 4.78 is 25.9. The Bertz CT molecular complexity index is 605. The molecule has 0 aromatic carbocycles. The monoisotopic (exact) mass is 343 g/mol. The molecule has 1 fully saturated rings. The molecule has 1 saturated heterocycles. The zero-order valence-electron chi connectivity index (χ0n) is 14.1. The number of carbonyl (C=O) groups excluding carboxylic acids is 2. The van der Waals surface area contributed by atoms with Gasteiger partial charge in [-0.25, -0.2) is 4.68 Å². The molecular weight excluding hydrogens is 320 g/mol. The second kappa shape index (κ2) is 7.69. The first kappa shape index (κ1) is 18.3. The van der Waals surface area contributed by atoms with Gasteiger partial charge in [-0.3, -0.25) is 14.5 Å². The number of alkyl halides is 2. The van der Waals surface area contributed by atoms with Crippen LogP contribution in [0.4, 0.5) is 8.78 Å². The van der Waals surface area contributed by atoms with Crippen molar-refractivity contribution < 1.29 is 18.4 Å². The number of nitrogens with one attached hydrogen (secondary N) is 2. The van der Waals surface area contributed by atoms with Crippen LogP contribution in [-0.4, -0.2) is 59.2 Å². The van der Waals surface area contributed by atoms with E-state index in [2.05, 4.69) is 20.6 Å². The van der Waals surface area contributed by atoms with E-state index >= 15 is 0 Å². The van der Waals surface area contributed by atoms with Gasteiger partial charge in [0.25, 0.3) is 5.91 Å². The molecule has 0 radical (unpaired) electrons. The van der Waals surface area contributed by atoms with Crippen molar-refractivity contribution in [2.45, 2.75) is 44.8 Å². The molecule has 24 heavy (non-hydrogen) atoms. The highest BCUT2D eigenvalue weighted by Gasteiger charge is 2.31. The molecule has 0 bridgehead atoms. The molecular formula is C15H23F2N5O2. The lowest BCUT2D eigenvalue weighted by molar-refractivity contribution is -0.121. The summed E-state index contributed by atoms with van der Waals surface area (Å²) >= 11 is 0. The summed E-state index contributed by atoms with van der Waals surface area (Å²) in [6.45, 7) is -0.900. The molecule has 1 aliphatic rings. The summed E-state index contributed by atoms with van der Waals surface area (Å²) in [4.78, 5) is 25.7. The Hall–Kier alpha value is -2.03. The van der Waals surface area contributed by atoms with Crippen LogP contribution < -0.4 is 10.6 Å². The lowest BCUT2D eigenvalue weighted by Crippen LogP contribution is -2.42. The van der Waals surface area contributed by atoms with Gasteiger partial charge in [-0.15, -0.1) is 0 Å². The predicted octanol–water partition coefficient (Wildman–Crippen LogP) is 0.915. The van der Waals surface area contributed by atoms with Crippen LogP contribution in [0.2, 0.25) is 0 Å². The molecule has 2 N–H and O–H groups in total. The van der Waals surface area contributed by atoms with Gasteiger partial charge in [-0.1, -0.05) is 0 Å². The highest BCUT2D eigenvalue weighted by atomic mass is 19.3. The number of aryl methyl sites for hydroxylation is 1. The average Bonchev–Trinajstić information content (AvgIpc) is 3.09. The molecule has 0 saturated carbocycles. The Labute approximate surface area is 139 Å². The van der Waals surface area contributed by atoms with Crippen molar-refractivity contribution >= 4 is 11.8 Å². The maximum absolute atomic E-state index is 12.7. The lowest BCUT2D eigenvalue weighted by Gasteiger charge is -2.25. The fourth-order valence-electron chi connectivity index (χ4n) is 3.00. The van der Waals surface area contributed by atoms with E-state index in [1.807, 2.05) is 7.05 Å². The van der Waals surface area contributed by atoms with Crippen LogP contribution in [0.5, 0.6) is 0 Å². The van der Waals surface area contributed by atoms with Crippen LogP contribution >= 0.6 is 0 Å². The van der Waals surface area contributed by atoms with Crippen molar-refractivity contribution in [1.82, 2.24) is 25.3 Å². The van der Waals surface area contributed by atoms with E-state index in [1.165, 1.54) is 13.0 Å². The Morgan fingerprint density at radius 1 is 1.38 bits per heavy atom. The number of likely N-dealkylation sites (N-methyl/N-ethyl adjacent to an activating group) is 1. The molecule has 1 aromatic rings. The van der Waals surface area contributed by atoms with Crippen molar-refractivity contribution in [2.24, 2.45) is 0 Å². The third-order valence-electron chi connectivity index (χ3n) is 4.52. The third-order valence-corrected chi connectivity index (χ3v) is 4.52. The molecule has 1 aromatic heterocycles. The summed E-state index contributed by atoms with van der Waals surface area (Å²) in [5.74, 6) is -0.481. The normalized spacial score (nSPS) is 21.2. The van der Waals surface area contributed by atoms with E-state index in [0.717, 1.165) is 12.8 Å². The van der Waals surface area contributed by atoms with Gasteiger partial charge in [0.05, 0.1) is 0 Å². The van der Waals surface area contributed by atoms with Crippen molar-refractivity contribution in [3.63, 3.8) is 0 Å². The number of aromatic nitrogens is 2. The molecule has 2 atom stereocenters. The van der Waals surface area contributed by atoms with Gasteiger partial charge in [0.15, 0.2) is 5.69 Å². The van der Waals surface area contributed by atoms with E-state index in [1.54, 1.807) is 7.05 Å². The standard InChI is InChI=1S/C15H23F2N5O2/c1-9-6-12(20-22(9)15(16)17)14(24)19-8-11-5-4-10(21(11)3)7-13(23)18-2/h6,10-11,15H,4-5,7-8H2,1-3H3,(H,18,23)(H,19,24)/t10-,11+/m1/s1. The minimum absolute atomic E-state index is 0.00968. The number of amides is 2. The highest BCUT2D eigenvalue weighted by Crippen LogP contribution is 2.24. The molecule has 0 unspecified atom stereocenters. The zero-order valence-corrected chi connectivity index (χ0v) is 14.1. The zero-order chi connectivity index (χ0) is 17.9. The maximum Gasteiger partial charge on any atom is 0.333 e. The maximum atomic E-state index is 12.7. The number of likely N-dealkylation sites (tertiary alicyclic amines) is 1. The van der Waals surface area contributed by atoms with E-state index < -0.39 is 12.5 Å². The number of carbonyl (C=O) groups is 2. The lowest BCUT2D eigenvalue weighted by atomic mass is 10.1. The molecule has 2 heterocycles. The van der Waals surface area contributed by atoms with Crippen molar-refractivity contribution in [2.75, 3.05) is 20.6 Å². The largest absolute Gasteiger partial charge is 0.359 e. The molecule has 1 aliphatic heterocycles. The van der Waals surface area contributed by atoms with Crippen LogP contribution in [0.25, 0.3) is 0 Å². The van der Waals surface area contributed by atoms with Gasteiger partial charge in [0, 0.05) is 37.8 Å². The van der Waals surface area contributed by atoms with Gasteiger partial charge < -0.3 is 10.6 Å². The van der Waals surface area contributed by atoms with Gasteiger partial charge in [-0.05, 0) is 32.9 Å². The number of halogens is 2. The van der Waals surface area contributed by atoms with E-state index in [9.17, 15) is 18.4 Å². The molecule has 2 amide bonds. The van der Waals surface area contributed by atoms with Gasteiger partial charge in [0.2, 0.25) is 5.91 Å². The van der Waals surface area contributed by atoms with E-state index in [-0.39, 0.29) is 29.4 Å². The first-order valence-electron chi connectivity index (χ1n) is 7.88. The highest BCUT2D eigenvalue weighted by molar-refractivity contribution is 5.92. The number of hydrogen-bond acceptors (Lipinski definition) is 4. The Kier molecular flexibility index (Phi) is 5.87. The fourth-order valence-corrected chi connectivity index (χ4v) is 3.00. The third kappa shape index (κ3) is 4.08. The Balaban J connectivity index is 1.88. The van der Waals surface area contributed by atoms with Crippen molar-refractivity contribution in [3.8, 4) is 0 Å². The molecule has 134 valence electrons. The van der Waals surface area contributed by atoms with Crippen molar-refractivity contribution in [3.05, 3.63) is 17.5 Å². The quantitative estimate of drug-likeness (QED) is 0.805. The summed E-state index contributed by atoms with van der Waals surface area (Å²) in [7, 11) is 3.53. The molecule has 2 rings (SSSR count). The molecule has 0 spiro atoms. The van der Waals surface area contributed by atoms with E-state index in [4.69, 9.17) is 0 Å². The summed E-state index contributed by atoms with van der Waals surface area (Å²) in [5, 5.41) is 8.97. The molecule has 7 nitrogen and oxygen atoms in total. The summed E-state index contributed by atoms with van der Waals surface area (Å²) in [6, 6.07) is 1.60. The van der Waals surface area contributed by atoms with E-state index in [0.29, 0.717) is 17.6 Å². The fraction of sp³-hybridized carbons (Fsp3) is 0.667. The number of rotatable bonds is 6. The smallest absolute Gasteiger partial charge is 0.333 e. The SMILES string of the molecule is CNC(=O)C[C@H]1CC[C@@H](CNC(=O)c2cc(C)n(C(F)F)n2)N1C. The Morgan fingerprint density at radius 3 is 2.62 bits per heavy atom. The number of hydrogen-bond donors (Lipinski definition) is 2. The molecule has 0 aliphatic carbocycles. The van der Waals surface area contributed by atoms with Gasteiger partial charge >= 0.3 is 6.55 Å². The van der Waals surface area contributed by atoms with Crippen LogP contribution in [0.3, 0.4) is 0 Å². The Morgan fingerprint density at radius 2 is 2.04 bits per heavy atom. The first-order chi connectivity index (χ1) is 11.3.